The lowest BCUT2D eigenvalue weighted by Gasteiger charge is -2.14. The van der Waals surface area contributed by atoms with Crippen LogP contribution in [0.15, 0.2) is 18.2 Å². The van der Waals surface area contributed by atoms with E-state index in [0.29, 0.717) is 0 Å². The molecule has 2 nitrogen and oxygen atoms in total. The molecule has 1 aromatic carbocycles. The van der Waals surface area contributed by atoms with Crippen LogP contribution in [0.5, 0.6) is 5.75 Å². The second-order valence-corrected chi connectivity index (χ2v) is 3.05. The minimum absolute atomic E-state index is 0.946. The predicted octanol–water partition coefficient (Wildman–Crippen LogP) is 3.10. The smallest absolute Gasteiger partial charge is 0.123 e. The molecule has 0 aliphatic rings. The number of aryl methyl sites for hydroxylation is 1. The number of hydrogen-bond acceptors (Lipinski definition) is 2. The second kappa shape index (κ2) is 6.30. The van der Waals surface area contributed by atoms with Crippen molar-refractivity contribution >= 4 is 5.69 Å². The van der Waals surface area contributed by atoms with Crippen LogP contribution in [0.3, 0.4) is 0 Å². The zero-order valence-corrected chi connectivity index (χ0v) is 10.1. The molecule has 0 heterocycles. The van der Waals surface area contributed by atoms with Crippen LogP contribution in [0.4, 0.5) is 5.69 Å². The average Bonchev–Trinajstić information content (AvgIpc) is 2.21. The molecule has 14 heavy (non-hydrogen) atoms. The van der Waals surface area contributed by atoms with Gasteiger partial charge in [0, 0.05) is 25.8 Å². The van der Waals surface area contributed by atoms with Crippen molar-refractivity contribution in [2.45, 2.75) is 20.8 Å². The summed E-state index contributed by atoms with van der Waals surface area (Å²) in [4.78, 5) is 2.06. The van der Waals surface area contributed by atoms with E-state index < -0.39 is 0 Å². The quantitative estimate of drug-likeness (QED) is 0.719. The number of hydrogen-bond donors (Lipinski definition) is 0. The number of benzene rings is 1. The maximum atomic E-state index is 5.21. The number of anilines is 1. The van der Waals surface area contributed by atoms with Gasteiger partial charge in [-0.3, -0.25) is 0 Å². The largest absolute Gasteiger partial charge is 0.496 e. The summed E-state index contributed by atoms with van der Waals surface area (Å²) < 4.78 is 5.21. The standard InChI is InChI=1S/C10H15NO.C2H6/c1-8-5-6-9(11(2)3)7-10(8)12-4;1-2/h5-7H,1-4H3;1-2H3. The molecule has 0 aliphatic carbocycles. The van der Waals surface area contributed by atoms with Crippen molar-refractivity contribution in [3.8, 4) is 5.75 Å². The Labute approximate surface area is 87.5 Å². The van der Waals surface area contributed by atoms with Crippen molar-refractivity contribution in [2.75, 3.05) is 26.1 Å². The van der Waals surface area contributed by atoms with E-state index in [1.807, 2.05) is 40.9 Å². The third-order valence-electron chi connectivity index (χ3n) is 1.91. The molecule has 0 unspecified atom stereocenters. The van der Waals surface area contributed by atoms with Crippen molar-refractivity contribution in [1.82, 2.24) is 0 Å². The van der Waals surface area contributed by atoms with E-state index in [9.17, 15) is 0 Å². The van der Waals surface area contributed by atoms with Crippen LogP contribution in [0.2, 0.25) is 0 Å². The third-order valence-corrected chi connectivity index (χ3v) is 1.91. The van der Waals surface area contributed by atoms with E-state index in [1.165, 1.54) is 5.56 Å². The van der Waals surface area contributed by atoms with E-state index in [-0.39, 0.29) is 0 Å². The van der Waals surface area contributed by atoms with Gasteiger partial charge in [0.2, 0.25) is 0 Å². The zero-order valence-electron chi connectivity index (χ0n) is 10.1. The first kappa shape index (κ1) is 12.8. The van der Waals surface area contributed by atoms with Gasteiger partial charge in [0.1, 0.15) is 5.75 Å². The molecule has 2 heteroatoms. The second-order valence-electron chi connectivity index (χ2n) is 3.05. The fraction of sp³-hybridized carbons (Fsp3) is 0.500. The number of methoxy groups -OCH3 is 1. The third kappa shape index (κ3) is 3.29. The van der Waals surface area contributed by atoms with Gasteiger partial charge in [0.05, 0.1) is 7.11 Å². The van der Waals surface area contributed by atoms with E-state index in [1.54, 1.807) is 7.11 Å². The fourth-order valence-electron chi connectivity index (χ4n) is 1.09. The monoisotopic (exact) mass is 195 g/mol. The topological polar surface area (TPSA) is 12.5 Å². The zero-order chi connectivity index (χ0) is 11.1. The van der Waals surface area contributed by atoms with Crippen molar-refractivity contribution in [3.63, 3.8) is 0 Å². The summed E-state index contributed by atoms with van der Waals surface area (Å²) in [5.41, 5.74) is 2.33. The molecule has 0 radical (unpaired) electrons. The lowest BCUT2D eigenvalue weighted by Crippen LogP contribution is -2.08. The molecule has 0 aromatic heterocycles. The van der Waals surface area contributed by atoms with Crippen LogP contribution in [0.1, 0.15) is 19.4 Å². The molecule has 0 saturated heterocycles. The lowest BCUT2D eigenvalue weighted by atomic mass is 10.2. The van der Waals surface area contributed by atoms with Gasteiger partial charge in [-0.1, -0.05) is 19.9 Å². The SMILES string of the molecule is CC.COc1cc(N(C)C)ccc1C. The van der Waals surface area contributed by atoms with Crippen molar-refractivity contribution in [3.05, 3.63) is 23.8 Å². The summed E-state index contributed by atoms with van der Waals surface area (Å²) >= 11 is 0. The first-order valence-corrected chi connectivity index (χ1v) is 4.97. The number of rotatable bonds is 2. The van der Waals surface area contributed by atoms with E-state index >= 15 is 0 Å². The van der Waals surface area contributed by atoms with Gasteiger partial charge < -0.3 is 9.64 Å². The minimum Gasteiger partial charge on any atom is -0.496 e. The van der Waals surface area contributed by atoms with Crippen LogP contribution < -0.4 is 9.64 Å². The molecular formula is C12H21NO. The Balaban J connectivity index is 0.000000791. The summed E-state index contributed by atoms with van der Waals surface area (Å²) in [5.74, 6) is 0.946. The molecule has 0 saturated carbocycles. The fourth-order valence-corrected chi connectivity index (χ4v) is 1.09. The molecule has 80 valence electrons. The van der Waals surface area contributed by atoms with Crippen LogP contribution in [-0.4, -0.2) is 21.2 Å². The van der Waals surface area contributed by atoms with E-state index in [4.69, 9.17) is 4.74 Å². The highest BCUT2D eigenvalue weighted by atomic mass is 16.5. The molecule has 1 rings (SSSR count). The van der Waals surface area contributed by atoms with E-state index in [0.717, 1.165) is 11.4 Å². The first-order valence-electron chi connectivity index (χ1n) is 4.97. The Hall–Kier alpha value is -1.18. The Bertz CT molecular complexity index is 269. The summed E-state index contributed by atoms with van der Waals surface area (Å²) in [6, 6.07) is 6.18. The van der Waals surface area contributed by atoms with Crippen molar-refractivity contribution in [1.29, 1.82) is 0 Å². The molecule has 1 aromatic rings. The van der Waals surface area contributed by atoms with Crippen LogP contribution in [-0.2, 0) is 0 Å². The summed E-state index contributed by atoms with van der Waals surface area (Å²) in [6.07, 6.45) is 0. The molecule has 0 N–H and O–H groups in total. The number of ether oxygens (including phenoxy) is 1. The highest BCUT2D eigenvalue weighted by molar-refractivity contribution is 5.52. The van der Waals surface area contributed by atoms with Gasteiger partial charge in [0.15, 0.2) is 0 Å². The average molecular weight is 195 g/mol. The number of nitrogens with zero attached hydrogens (tertiary/aromatic N) is 1. The molecule has 0 spiro atoms. The highest BCUT2D eigenvalue weighted by Gasteiger charge is 2.00. The Morgan fingerprint density at radius 3 is 2.14 bits per heavy atom. The van der Waals surface area contributed by atoms with Gasteiger partial charge in [-0.2, -0.15) is 0 Å². The van der Waals surface area contributed by atoms with E-state index in [2.05, 4.69) is 17.0 Å². The summed E-state index contributed by atoms with van der Waals surface area (Å²) in [5, 5.41) is 0. The van der Waals surface area contributed by atoms with Gasteiger partial charge in [-0.25, -0.2) is 0 Å². The first-order chi connectivity index (χ1) is 6.65. The van der Waals surface area contributed by atoms with Crippen molar-refractivity contribution in [2.24, 2.45) is 0 Å². The molecule has 0 fully saturated rings. The Kier molecular flexibility index (Phi) is 5.77. The normalized spacial score (nSPS) is 8.71. The molecule has 0 bridgehead atoms. The van der Waals surface area contributed by atoms with Crippen LogP contribution in [0.25, 0.3) is 0 Å². The van der Waals surface area contributed by atoms with Gasteiger partial charge >= 0.3 is 0 Å². The minimum atomic E-state index is 0.946. The Morgan fingerprint density at radius 1 is 1.14 bits per heavy atom. The van der Waals surface area contributed by atoms with Gasteiger partial charge in [0.25, 0.3) is 0 Å². The highest BCUT2D eigenvalue weighted by Crippen LogP contribution is 2.23. The van der Waals surface area contributed by atoms with Gasteiger partial charge in [-0.05, 0) is 18.6 Å². The predicted molar refractivity (Wildman–Crippen MR) is 63.4 cm³/mol. The van der Waals surface area contributed by atoms with Gasteiger partial charge in [-0.15, -0.1) is 0 Å². The summed E-state index contributed by atoms with van der Waals surface area (Å²) in [6.45, 7) is 6.04. The summed E-state index contributed by atoms with van der Waals surface area (Å²) in [7, 11) is 5.73. The molecule has 0 amide bonds. The van der Waals surface area contributed by atoms with Crippen molar-refractivity contribution < 1.29 is 4.74 Å². The lowest BCUT2D eigenvalue weighted by molar-refractivity contribution is 0.412. The maximum Gasteiger partial charge on any atom is 0.123 e. The molecule has 0 atom stereocenters. The molecule has 0 aliphatic heterocycles. The van der Waals surface area contributed by atoms with Crippen LogP contribution in [0, 0.1) is 6.92 Å². The van der Waals surface area contributed by atoms with Crippen LogP contribution >= 0.6 is 0 Å². The Morgan fingerprint density at radius 2 is 1.71 bits per heavy atom. The maximum absolute atomic E-state index is 5.21. The molecular weight excluding hydrogens is 174 g/mol.